The summed E-state index contributed by atoms with van der Waals surface area (Å²) >= 11 is 0. The molecule has 0 aliphatic heterocycles. The Morgan fingerprint density at radius 2 is 0.808 bits per heavy atom. The van der Waals surface area contributed by atoms with Gasteiger partial charge in [0.1, 0.15) is 0 Å². The lowest BCUT2D eigenvalue weighted by molar-refractivity contribution is 0.592. The van der Waals surface area contributed by atoms with Crippen molar-refractivity contribution in [2.75, 3.05) is 0 Å². The SMILES string of the molecule is CCc1ccccc1P(=O)(c1ccccc1CC)c1ccccc1CC. The molecule has 2 heteroatoms. The third-order valence-electron chi connectivity index (χ3n) is 5.14. The molecule has 26 heavy (non-hydrogen) atoms. The van der Waals surface area contributed by atoms with Gasteiger partial charge < -0.3 is 4.57 Å². The first kappa shape index (κ1) is 18.7. The number of benzene rings is 3. The van der Waals surface area contributed by atoms with Crippen molar-refractivity contribution in [3.63, 3.8) is 0 Å². The first-order valence-electron chi connectivity index (χ1n) is 9.52. The molecule has 134 valence electrons. The molecular formula is C24H27OP. The van der Waals surface area contributed by atoms with Crippen LogP contribution in [0.25, 0.3) is 0 Å². The van der Waals surface area contributed by atoms with Crippen molar-refractivity contribution in [3.05, 3.63) is 89.5 Å². The van der Waals surface area contributed by atoms with Gasteiger partial charge >= 0.3 is 0 Å². The molecule has 0 unspecified atom stereocenters. The van der Waals surface area contributed by atoms with Crippen LogP contribution in [-0.4, -0.2) is 0 Å². The molecule has 3 aromatic carbocycles. The number of aryl methyl sites for hydroxylation is 3. The molecule has 0 atom stereocenters. The van der Waals surface area contributed by atoms with Crippen molar-refractivity contribution in [2.45, 2.75) is 40.0 Å². The van der Waals surface area contributed by atoms with E-state index in [2.05, 4.69) is 57.2 Å². The van der Waals surface area contributed by atoms with Crippen molar-refractivity contribution in [3.8, 4) is 0 Å². The van der Waals surface area contributed by atoms with Crippen molar-refractivity contribution in [2.24, 2.45) is 0 Å². The molecule has 3 rings (SSSR count). The molecule has 0 fully saturated rings. The van der Waals surface area contributed by atoms with Crippen molar-refractivity contribution >= 4 is 23.1 Å². The maximum absolute atomic E-state index is 15.0. The largest absolute Gasteiger partial charge is 0.309 e. The first-order chi connectivity index (χ1) is 12.7. The molecule has 0 bridgehead atoms. The summed E-state index contributed by atoms with van der Waals surface area (Å²) in [6.07, 6.45) is 2.63. The molecular weight excluding hydrogens is 335 g/mol. The highest BCUT2D eigenvalue weighted by Crippen LogP contribution is 2.45. The van der Waals surface area contributed by atoms with E-state index in [4.69, 9.17) is 0 Å². The van der Waals surface area contributed by atoms with Gasteiger partial charge in [-0.1, -0.05) is 93.6 Å². The van der Waals surface area contributed by atoms with E-state index < -0.39 is 7.14 Å². The zero-order chi connectivity index (χ0) is 18.6. The lowest BCUT2D eigenvalue weighted by Crippen LogP contribution is -2.31. The Labute approximate surface area is 157 Å². The molecule has 0 heterocycles. The predicted molar refractivity (Wildman–Crippen MR) is 114 cm³/mol. The molecule has 0 radical (unpaired) electrons. The Morgan fingerprint density at radius 1 is 0.538 bits per heavy atom. The van der Waals surface area contributed by atoms with Crippen molar-refractivity contribution in [1.82, 2.24) is 0 Å². The Bertz CT molecular complexity index is 820. The predicted octanol–water partition coefficient (Wildman–Crippen LogP) is 5.01. The number of hydrogen-bond donors (Lipinski definition) is 0. The zero-order valence-electron chi connectivity index (χ0n) is 15.9. The van der Waals surface area contributed by atoms with Crippen LogP contribution in [0.4, 0.5) is 0 Å². The second-order valence-electron chi connectivity index (χ2n) is 6.56. The van der Waals surface area contributed by atoms with Crippen LogP contribution in [0.3, 0.4) is 0 Å². The van der Waals surface area contributed by atoms with Crippen LogP contribution < -0.4 is 15.9 Å². The van der Waals surface area contributed by atoms with E-state index in [0.29, 0.717) is 0 Å². The average molecular weight is 362 g/mol. The summed E-state index contributed by atoms with van der Waals surface area (Å²) in [6.45, 7) is 6.42. The number of hydrogen-bond acceptors (Lipinski definition) is 1. The number of rotatable bonds is 6. The van der Waals surface area contributed by atoms with Crippen LogP contribution in [0.2, 0.25) is 0 Å². The van der Waals surface area contributed by atoms with Gasteiger partial charge in [0.15, 0.2) is 7.14 Å². The van der Waals surface area contributed by atoms with Gasteiger partial charge in [0.25, 0.3) is 0 Å². The lowest BCUT2D eigenvalue weighted by Gasteiger charge is -2.26. The fourth-order valence-electron chi connectivity index (χ4n) is 3.74. The first-order valence-corrected chi connectivity index (χ1v) is 11.2. The van der Waals surface area contributed by atoms with Gasteiger partial charge in [0, 0.05) is 15.9 Å². The lowest BCUT2D eigenvalue weighted by atomic mass is 10.2. The summed E-state index contributed by atoms with van der Waals surface area (Å²) < 4.78 is 15.0. The molecule has 3 aromatic rings. The molecule has 0 saturated carbocycles. The molecule has 0 aliphatic rings. The summed E-state index contributed by atoms with van der Waals surface area (Å²) in [5.41, 5.74) is 3.52. The van der Waals surface area contributed by atoms with E-state index >= 15 is 0 Å². The van der Waals surface area contributed by atoms with E-state index in [1.54, 1.807) is 0 Å². The van der Waals surface area contributed by atoms with E-state index in [0.717, 1.165) is 35.2 Å². The highest BCUT2D eigenvalue weighted by Gasteiger charge is 2.34. The Morgan fingerprint density at radius 3 is 1.08 bits per heavy atom. The molecule has 0 N–H and O–H groups in total. The van der Waals surface area contributed by atoms with Gasteiger partial charge in [-0.05, 0) is 36.0 Å². The molecule has 0 aliphatic carbocycles. The fourth-order valence-corrected chi connectivity index (χ4v) is 7.32. The van der Waals surface area contributed by atoms with Gasteiger partial charge in [0.05, 0.1) is 0 Å². The molecule has 0 spiro atoms. The Hall–Kier alpha value is -2.11. The Kier molecular flexibility index (Phi) is 5.79. The highest BCUT2D eigenvalue weighted by molar-refractivity contribution is 7.85. The zero-order valence-corrected chi connectivity index (χ0v) is 16.8. The summed E-state index contributed by atoms with van der Waals surface area (Å²) in [5, 5.41) is 2.97. The van der Waals surface area contributed by atoms with Crippen molar-refractivity contribution in [1.29, 1.82) is 0 Å². The quantitative estimate of drug-likeness (QED) is 0.563. The second kappa shape index (κ2) is 8.06. The van der Waals surface area contributed by atoms with Gasteiger partial charge in [0.2, 0.25) is 0 Å². The summed E-state index contributed by atoms with van der Waals surface area (Å²) in [7, 11) is -2.94. The van der Waals surface area contributed by atoms with Gasteiger partial charge in [-0.15, -0.1) is 0 Å². The van der Waals surface area contributed by atoms with Crippen molar-refractivity contribution < 1.29 is 4.57 Å². The van der Waals surface area contributed by atoms with Crippen LogP contribution in [0, 0.1) is 0 Å². The van der Waals surface area contributed by atoms with Gasteiger partial charge in [-0.3, -0.25) is 0 Å². The van der Waals surface area contributed by atoms with E-state index in [1.807, 2.05) is 36.4 Å². The molecule has 0 aromatic heterocycles. The summed E-state index contributed by atoms with van der Waals surface area (Å²) in [6, 6.07) is 24.7. The minimum absolute atomic E-state index is 0.878. The maximum Gasteiger partial charge on any atom is 0.171 e. The smallest absolute Gasteiger partial charge is 0.171 e. The third-order valence-corrected chi connectivity index (χ3v) is 8.48. The summed E-state index contributed by atoms with van der Waals surface area (Å²) in [5.74, 6) is 0. The van der Waals surface area contributed by atoms with Crippen LogP contribution in [0.5, 0.6) is 0 Å². The monoisotopic (exact) mass is 362 g/mol. The molecule has 0 amide bonds. The fraction of sp³-hybridized carbons (Fsp3) is 0.250. The van der Waals surface area contributed by atoms with Crippen LogP contribution in [0.1, 0.15) is 37.5 Å². The van der Waals surface area contributed by atoms with Crippen LogP contribution in [-0.2, 0) is 23.8 Å². The van der Waals surface area contributed by atoms with E-state index in [1.165, 1.54) is 16.7 Å². The highest BCUT2D eigenvalue weighted by atomic mass is 31.2. The third kappa shape index (κ3) is 3.17. The van der Waals surface area contributed by atoms with E-state index in [-0.39, 0.29) is 0 Å². The molecule has 0 saturated heterocycles. The minimum atomic E-state index is -2.94. The normalized spacial score (nSPS) is 11.5. The minimum Gasteiger partial charge on any atom is -0.309 e. The topological polar surface area (TPSA) is 17.1 Å². The van der Waals surface area contributed by atoms with E-state index in [9.17, 15) is 4.57 Å². The van der Waals surface area contributed by atoms with Gasteiger partial charge in [-0.2, -0.15) is 0 Å². The van der Waals surface area contributed by atoms with Crippen LogP contribution >= 0.6 is 7.14 Å². The van der Waals surface area contributed by atoms with Crippen LogP contribution in [0.15, 0.2) is 72.8 Å². The average Bonchev–Trinajstić information content (AvgIpc) is 2.73. The van der Waals surface area contributed by atoms with Gasteiger partial charge in [-0.25, -0.2) is 0 Å². The maximum atomic E-state index is 15.0. The molecule has 1 nitrogen and oxygen atoms in total. The standard InChI is InChI=1S/C24H27OP/c1-4-19-13-7-10-16-22(19)26(25,23-17-11-8-14-20(23)5-2)24-18-12-9-15-21(24)6-3/h7-18H,4-6H2,1-3H3. The Balaban J connectivity index is 2.42. The second-order valence-corrected chi connectivity index (χ2v) is 9.22. The summed E-state index contributed by atoms with van der Waals surface area (Å²) in [4.78, 5) is 0.